The van der Waals surface area contributed by atoms with Gasteiger partial charge in [0.2, 0.25) is 5.91 Å². The average molecular weight is 241 g/mol. The van der Waals surface area contributed by atoms with Gasteiger partial charge in [0.1, 0.15) is 6.54 Å². The summed E-state index contributed by atoms with van der Waals surface area (Å²) in [5.41, 5.74) is 1.15. The minimum Gasteiger partial charge on any atom is -0.468 e. The van der Waals surface area contributed by atoms with Crippen LogP contribution in [0.25, 0.3) is 0 Å². The van der Waals surface area contributed by atoms with E-state index in [2.05, 4.69) is 24.4 Å². The fourth-order valence-corrected chi connectivity index (χ4v) is 3.35. The Hall–Kier alpha value is -1.10. The first kappa shape index (κ1) is 13.0. The molecule has 1 amide bonds. The van der Waals surface area contributed by atoms with E-state index in [1.54, 1.807) is 6.08 Å². The van der Waals surface area contributed by atoms with Gasteiger partial charge >= 0.3 is 5.97 Å². The molecule has 0 saturated carbocycles. The number of hydrogen-bond acceptors (Lipinski definition) is 3. The summed E-state index contributed by atoms with van der Waals surface area (Å²) in [6.45, 7) is 7.43. The molecule has 0 fully saturated rings. The Morgan fingerprint density at radius 2 is 2.12 bits per heavy atom. The highest BCUT2D eigenvalue weighted by Gasteiger charge is 2.26. The molecule has 1 rings (SSSR count). The van der Waals surface area contributed by atoms with Gasteiger partial charge in [-0.1, -0.05) is 19.6 Å². The molecular formula is C11H19NO3Si. The fourth-order valence-electron chi connectivity index (χ4n) is 1.78. The molecule has 1 heterocycles. The van der Waals surface area contributed by atoms with Crippen molar-refractivity contribution in [3.8, 4) is 0 Å². The van der Waals surface area contributed by atoms with Gasteiger partial charge in [0.05, 0.1) is 7.11 Å². The molecule has 0 radical (unpaired) electrons. The molecule has 90 valence electrons. The van der Waals surface area contributed by atoms with Crippen molar-refractivity contribution < 1.29 is 14.3 Å². The zero-order chi connectivity index (χ0) is 12.3. The Morgan fingerprint density at radius 1 is 1.50 bits per heavy atom. The molecule has 0 aliphatic carbocycles. The van der Waals surface area contributed by atoms with E-state index in [4.69, 9.17) is 0 Å². The summed E-state index contributed by atoms with van der Waals surface area (Å²) in [7, 11) is 0.140. The minimum absolute atomic E-state index is 0.0566. The van der Waals surface area contributed by atoms with Crippen LogP contribution in [0.2, 0.25) is 25.7 Å². The van der Waals surface area contributed by atoms with Gasteiger partial charge in [0.25, 0.3) is 0 Å². The summed E-state index contributed by atoms with van der Waals surface area (Å²) >= 11 is 0. The lowest BCUT2D eigenvalue weighted by Gasteiger charge is -2.18. The van der Waals surface area contributed by atoms with E-state index >= 15 is 0 Å². The highest BCUT2D eigenvalue weighted by atomic mass is 28.3. The number of nitrogens with zero attached hydrogens (tertiary/aromatic N) is 1. The van der Waals surface area contributed by atoms with Crippen molar-refractivity contribution in [2.45, 2.75) is 25.7 Å². The van der Waals surface area contributed by atoms with Crippen LogP contribution >= 0.6 is 0 Å². The van der Waals surface area contributed by atoms with Crippen molar-refractivity contribution in [3.05, 3.63) is 11.6 Å². The van der Waals surface area contributed by atoms with E-state index in [0.29, 0.717) is 6.54 Å². The summed E-state index contributed by atoms with van der Waals surface area (Å²) in [4.78, 5) is 24.2. The molecule has 1 aliphatic heterocycles. The largest absolute Gasteiger partial charge is 0.468 e. The molecule has 4 nitrogen and oxygen atoms in total. The number of methoxy groups -OCH3 is 1. The number of rotatable bonds is 4. The topological polar surface area (TPSA) is 46.6 Å². The maximum absolute atomic E-state index is 11.6. The second-order valence-electron chi connectivity index (χ2n) is 5.31. The first-order valence-electron chi connectivity index (χ1n) is 5.37. The highest BCUT2D eigenvalue weighted by Crippen LogP contribution is 2.21. The van der Waals surface area contributed by atoms with E-state index in [0.717, 1.165) is 11.6 Å². The normalized spacial score (nSPS) is 16.4. The highest BCUT2D eigenvalue weighted by molar-refractivity contribution is 6.76. The van der Waals surface area contributed by atoms with Crippen LogP contribution in [0.4, 0.5) is 0 Å². The lowest BCUT2D eigenvalue weighted by atomic mass is 10.3. The molecule has 16 heavy (non-hydrogen) atoms. The number of carbonyl (C=O) groups excluding carboxylic acids is 2. The second-order valence-corrected chi connectivity index (χ2v) is 10.8. The second kappa shape index (κ2) is 4.82. The van der Waals surface area contributed by atoms with E-state index in [1.807, 2.05) is 0 Å². The monoisotopic (exact) mass is 241 g/mol. The number of amides is 1. The van der Waals surface area contributed by atoms with E-state index in [1.165, 1.54) is 12.0 Å². The predicted molar refractivity (Wildman–Crippen MR) is 64.8 cm³/mol. The molecular weight excluding hydrogens is 222 g/mol. The summed E-state index contributed by atoms with van der Waals surface area (Å²) in [5.74, 6) is -0.436. The van der Waals surface area contributed by atoms with Gasteiger partial charge in [0.15, 0.2) is 0 Å². The summed E-state index contributed by atoms with van der Waals surface area (Å²) in [5, 5.41) is 0. The number of carbonyl (C=O) groups is 2. The van der Waals surface area contributed by atoms with Crippen LogP contribution in [0.1, 0.15) is 0 Å². The summed E-state index contributed by atoms with van der Waals surface area (Å²) in [6, 6.07) is 1.01. The Labute approximate surface area is 97.3 Å². The Kier molecular flexibility index (Phi) is 3.91. The van der Waals surface area contributed by atoms with Gasteiger partial charge in [-0.2, -0.15) is 0 Å². The van der Waals surface area contributed by atoms with Gasteiger partial charge in [-0.15, -0.1) is 0 Å². The Bertz CT molecular complexity index is 331. The lowest BCUT2D eigenvalue weighted by molar-refractivity contribution is -0.144. The van der Waals surface area contributed by atoms with Gasteiger partial charge in [-0.3, -0.25) is 9.59 Å². The van der Waals surface area contributed by atoms with Crippen molar-refractivity contribution in [2.75, 3.05) is 20.2 Å². The molecule has 0 bridgehead atoms. The van der Waals surface area contributed by atoms with Crippen LogP contribution in [0.15, 0.2) is 11.6 Å². The molecule has 0 atom stereocenters. The Morgan fingerprint density at radius 3 is 2.62 bits per heavy atom. The zero-order valence-electron chi connectivity index (χ0n) is 10.4. The van der Waals surface area contributed by atoms with Crippen molar-refractivity contribution in [3.63, 3.8) is 0 Å². The van der Waals surface area contributed by atoms with Crippen molar-refractivity contribution in [1.82, 2.24) is 4.90 Å². The lowest BCUT2D eigenvalue weighted by Crippen LogP contribution is -2.33. The Balaban J connectivity index is 2.54. The maximum atomic E-state index is 11.6. The van der Waals surface area contributed by atoms with Crippen molar-refractivity contribution >= 4 is 20.0 Å². The number of hydrogen-bond donors (Lipinski definition) is 0. The van der Waals surface area contributed by atoms with Crippen LogP contribution < -0.4 is 0 Å². The van der Waals surface area contributed by atoms with E-state index in [9.17, 15) is 9.59 Å². The smallest absolute Gasteiger partial charge is 0.325 e. The third kappa shape index (κ3) is 3.81. The molecule has 0 spiro atoms. The summed E-state index contributed by atoms with van der Waals surface area (Å²) in [6.07, 6.45) is 1.67. The van der Waals surface area contributed by atoms with Gasteiger partial charge in [-0.25, -0.2) is 0 Å². The van der Waals surface area contributed by atoms with Crippen molar-refractivity contribution in [2.24, 2.45) is 0 Å². The van der Waals surface area contributed by atoms with Gasteiger partial charge < -0.3 is 9.64 Å². The molecule has 0 unspecified atom stereocenters. The maximum Gasteiger partial charge on any atom is 0.325 e. The molecule has 0 aromatic carbocycles. The van der Waals surface area contributed by atoms with Crippen LogP contribution in [-0.4, -0.2) is 45.0 Å². The van der Waals surface area contributed by atoms with Crippen LogP contribution in [0.3, 0.4) is 0 Å². The molecule has 0 aromatic rings. The van der Waals surface area contributed by atoms with E-state index in [-0.39, 0.29) is 18.4 Å². The first-order chi connectivity index (χ1) is 7.31. The van der Waals surface area contributed by atoms with Crippen LogP contribution in [0, 0.1) is 0 Å². The standard InChI is InChI=1S/C11H19NO3Si/c1-15-11(14)7-12-6-9(5-10(12)13)8-16(2,3)4/h5H,6-8H2,1-4H3. The summed E-state index contributed by atoms with van der Waals surface area (Å²) < 4.78 is 4.55. The zero-order valence-corrected chi connectivity index (χ0v) is 11.4. The SMILES string of the molecule is COC(=O)CN1CC(C[Si](C)(C)C)=CC1=O. The molecule has 5 heteroatoms. The van der Waals surface area contributed by atoms with Gasteiger partial charge in [-0.05, 0) is 11.6 Å². The van der Waals surface area contributed by atoms with Crippen molar-refractivity contribution in [1.29, 1.82) is 0 Å². The van der Waals surface area contributed by atoms with Crippen LogP contribution in [0.5, 0.6) is 0 Å². The molecule has 0 N–H and O–H groups in total. The minimum atomic E-state index is -1.19. The molecule has 1 aliphatic rings. The fraction of sp³-hybridized carbons (Fsp3) is 0.636. The number of ether oxygens (including phenoxy) is 1. The average Bonchev–Trinajstić information content (AvgIpc) is 2.43. The van der Waals surface area contributed by atoms with Gasteiger partial charge in [0, 0.05) is 20.7 Å². The third-order valence-electron chi connectivity index (χ3n) is 2.34. The first-order valence-corrected chi connectivity index (χ1v) is 9.08. The third-order valence-corrected chi connectivity index (χ3v) is 3.85. The number of esters is 1. The van der Waals surface area contributed by atoms with Crippen LogP contribution in [-0.2, 0) is 14.3 Å². The quantitative estimate of drug-likeness (QED) is 0.550. The van der Waals surface area contributed by atoms with E-state index < -0.39 is 8.07 Å². The molecule has 0 saturated heterocycles. The predicted octanol–water partition coefficient (Wildman–Crippen LogP) is 1.27. The molecule has 0 aromatic heterocycles.